The minimum atomic E-state index is 0.418. The van der Waals surface area contributed by atoms with Gasteiger partial charge in [0.25, 0.3) is 0 Å². The molecule has 2 nitrogen and oxygen atoms in total. The third-order valence-electron chi connectivity index (χ3n) is 4.07. The Morgan fingerprint density at radius 1 is 1.35 bits per heavy atom. The van der Waals surface area contributed by atoms with Gasteiger partial charge in [0, 0.05) is 36.7 Å². The molecule has 120 valence electrons. The Morgan fingerprint density at radius 3 is 2.60 bits per heavy atom. The third-order valence-corrected chi connectivity index (χ3v) is 5.37. The molecular formula is C17H36N2S. The van der Waals surface area contributed by atoms with Crippen molar-refractivity contribution < 1.29 is 0 Å². The molecule has 1 saturated heterocycles. The van der Waals surface area contributed by atoms with E-state index in [1.165, 1.54) is 38.2 Å². The quantitative estimate of drug-likeness (QED) is 0.732. The largest absolute Gasteiger partial charge is 0.316 e. The van der Waals surface area contributed by atoms with Gasteiger partial charge in [0.2, 0.25) is 0 Å². The maximum Gasteiger partial charge on any atom is 0.0231 e. The van der Waals surface area contributed by atoms with Crippen molar-refractivity contribution in [2.45, 2.75) is 59.1 Å². The lowest BCUT2D eigenvalue weighted by molar-refractivity contribution is 0.143. The number of rotatable bonds is 8. The summed E-state index contributed by atoms with van der Waals surface area (Å²) in [5, 5.41) is 3.69. The van der Waals surface area contributed by atoms with Gasteiger partial charge >= 0.3 is 0 Å². The van der Waals surface area contributed by atoms with Gasteiger partial charge in [0.1, 0.15) is 0 Å². The Kier molecular flexibility index (Phi) is 7.37. The van der Waals surface area contributed by atoms with Gasteiger partial charge < -0.3 is 10.2 Å². The van der Waals surface area contributed by atoms with Crippen molar-refractivity contribution in [1.29, 1.82) is 0 Å². The van der Waals surface area contributed by atoms with Gasteiger partial charge in [0.05, 0.1) is 0 Å². The molecule has 0 aromatic carbocycles. The molecule has 3 heteroatoms. The van der Waals surface area contributed by atoms with Crippen LogP contribution in [0.3, 0.4) is 0 Å². The van der Waals surface area contributed by atoms with E-state index in [2.05, 4.69) is 63.5 Å². The van der Waals surface area contributed by atoms with Crippen molar-refractivity contribution in [2.24, 2.45) is 11.3 Å². The van der Waals surface area contributed by atoms with E-state index in [9.17, 15) is 0 Å². The first-order valence-corrected chi connectivity index (χ1v) is 9.32. The number of nitrogens with zero attached hydrogens (tertiary/aromatic N) is 1. The Labute approximate surface area is 131 Å². The van der Waals surface area contributed by atoms with Crippen LogP contribution in [0.25, 0.3) is 0 Å². The molecule has 1 unspecified atom stereocenters. The minimum absolute atomic E-state index is 0.418. The molecule has 1 aliphatic rings. The van der Waals surface area contributed by atoms with E-state index >= 15 is 0 Å². The predicted octanol–water partition coefficient (Wildman–Crippen LogP) is 3.87. The fraction of sp³-hybridized carbons (Fsp3) is 1.00. The molecule has 1 fully saturated rings. The van der Waals surface area contributed by atoms with Crippen LogP contribution in [0.15, 0.2) is 0 Å². The number of hydrogen-bond donors (Lipinski definition) is 1. The van der Waals surface area contributed by atoms with E-state index in [4.69, 9.17) is 0 Å². The molecule has 0 saturated carbocycles. The monoisotopic (exact) mass is 300 g/mol. The van der Waals surface area contributed by atoms with Gasteiger partial charge in [-0.2, -0.15) is 11.8 Å². The Balaban J connectivity index is 2.51. The van der Waals surface area contributed by atoms with Gasteiger partial charge in [0.15, 0.2) is 0 Å². The molecule has 0 radical (unpaired) electrons. The van der Waals surface area contributed by atoms with Gasteiger partial charge in [-0.3, -0.25) is 0 Å². The topological polar surface area (TPSA) is 15.3 Å². The lowest BCUT2D eigenvalue weighted by atomic mass is 9.84. The van der Waals surface area contributed by atoms with Crippen molar-refractivity contribution in [2.75, 3.05) is 38.5 Å². The number of hydrogen-bond acceptors (Lipinski definition) is 3. The molecule has 20 heavy (non-hydrogen) atoms. The van der Waals surface area contributed by atoms with Crippen LogP contribution in [-0.2, 0) is 0 Å². The van der Waals surface area contributed by atoms with Crippen molar-refractivity contribution >= 4 is 11.8 Å². The van der Waals surface area contributed by atoms with Gasteiger partial charge in [-0.15, -0.1) is 0 Å². The molecule has 1 rings (SSSR count). The second kappa shape index (κ2) is 8.05. The van der Waals surface area contributed by atoms with E-state index in [1.807, 2.05) is 0 Å². The average molecular weight is 301 g/mol. The molecule has 1 atom stereocenters. The molecule has 0 aliphatic carbocycles. The van der Waals surface area contributed by atoms with E-state index in [0.29, 0.717) is 10.2 Å². The maximum atomic E-state index is 3.69. The first kappa shape index (κ1) is 18.3. The van der Waals surface area contributed by atoms with Gasteiger partial charge in [-0.05, 0) is 38.1 Å². The summed E-state index contributed by atoms with van der Waals surface area (Å²) in [6, 6.07) is 0. The van der Waals surface area contributed by atoms with Crippen molar-refractivity contribution in [3.05, 3.63) is 0 Å². The van der Waals surface area contributed by atoms with Crippen LogP contribution >= 0.6 is 11.8 Å². The molecule has 0 amide bonds. The van der Waals surface area contributed by atoms with Crippen molar-refractivity contribution in [3.8, 4) is 0 Å². The summed E-state index contributed by atoms with van der Waals surface area (Å²) in [4.78, 5) is 2.70. The lowest BCUT2D eigenvalue weighted by Gasteiger charge is -2.42. The van der Waals surface area contributed by atoms with Gasteiger partial charge in [-0.25, -0.2) is 0 Å². The van der Waals surface area contributed by atoms with E-state index < -0.39 is 0 Å². The first-order valence-electron chi connectivity index (χ1n) is 8.33. The summed E-state index contributed by atoms with van der Waals surface area (Å²) in [5.41, 5.74) is 0.418. The summed E-state index contributed by atoms with van der Waals surface area (Å²) in [5.74, 6) is 2.03. The Morgan fingerprint density at radius 2 is 2.05 bits per heavy atom. The highest BCUT2D eigenvalue weighted by Gasteiger charge is 2.32. The standard InChI is InChI=1S/C17H36N2S/c1-7-8-17(6,12-18-11-15(2)3)14-19-9-10-20-16(4,5)13-19/h15,18H,7-14H2,1-6H3. The summed E-state index contributed by atoms with van der Waals surface area (Å²) >= 11 is 2.13. The van der Waals surface area contributed by atoms with Crippen LogP contribution in [0, 0.1) is 11.3 Å². The maximum absolute atomic E-state index is 3.69. The van der Waals surface area contributed by atoms with Crippen LogP contribution in [-0.4, -0.2) is 48.1 Å². The Bertz CT molecular complexity index is 278. The second-order valence-electron chi connectivity index (χ2n) is 7.90. The molecule has 0 bridgehead atoms. The normalized spacial score (nSPS) is 22.9. The third kappa shape index (κ3) is 6.82. The highest BCUT2D eigenvalue weighted by molar-refractivity contribution is 8.00. The van der Waals surface area contributed by atoms with Crippen LogP contribution in [0.4, 0.5) is 0 Å². The number of thioether (sulfide) groups is 1. The minimum Gasteiger partial charge on any atom is -0.316 e. The first-order chi connectivity index (χ1) is 9.26. The SMILES string of the molecule is CCCC(C)(CNCC(C)C)CN1CCSC(C)(C)C1. The molecule has 1 N–H and O–H groups in total. The summed E-state index contributed by atoms with van der Waals surface area (Å²) in [7, 11) is 0. The molecule has 1 aliphatic heterocycles. The Hall–Kier alpha value is 0.270. The molecular weight excluding hydrogens is 264 g/mol. The molecule has 1 heterocycles. The van der Waals surface area contributed by atoms with E-state index in [0.717, 1.165) is 19.0 Å². The van der Waals surface area contributed by atoms with Crippen LogP contribution in [0.5, 0.6) is 0 Å². The molecule has 0 spiro atoms. The lowest BCUT2D eigenvalue weighted by Crippen LogP contribution is -2.49. The van der Waals surface area contributed by atoms with Crippen LogP contribution < -0.4 is 5.32 Å². The van der Waals surface area contributed by atoms with Crippen LogP contribution in [0.1, 0.15) is 54.4 Å². The highest BCUT2D eigenvalue weighted by Crippen LogP contribution is 2.32. The highest BCUT2D eigenvalue weighted by atomic mass is 32.2. The second-order valence-corrected chi connectivity index (χ2v) is 9.71. The zero-order chi connectivity index (χ0) is 15.2. The zero-order valence-electron chi connectivity index (χ0n) is 14.6. The summed E-state index contributed by atoms with van der Waals surface area (Å²) in [6.45, 7) is 20.2. The van der Waals surface area contributed by atoms with Crippen molar-refractivity contribution in [1.82, 2.24) is 10.2 Å². The average Bonchev–Trinajstić information content (AvgIpc) is 2.26. The zero-order valence-corrected chi connectivity index (χ0v) is 15.4. The fourth-order valence-electron chi connectivity index (χ4n) is 3.28. The molecule has 0 aromatic rings. The van der Waals surface area contributed by atoms with Crippen LogP contribution in [0.2, 0.25) is 0 Å². The number of nitrogens with one attached hydrogen (secondary N) is 1. The predicted molar refractivity (Wildman–Crippen MR) is 93.7 cm³/mol. The summed E-state index contributed by atoms with van der Waals surface area (Å²) < 4.78 is 0.427. The summed E-state index contributed by atoms with van der Waals surface area (Å²) in [6.07, 6.45) is 2.61. The van der Waals surface area contributed by atoms with E-state index in [1.54, 1.807) is 0 Å². The molecule has 0 aromatic heterocycles. The fourth-order valence-corrected chi connectivity index (χ4v) is 4.45. The van der Waals surface area contributed by atoms with E-state index in [-0.39, 0.29) is 0 Å². The van der Waals surface area contributed by atoms with Crippen molar-refractivity contribution in [3.63, 3.8) is 0 Å². The van der Waals surface area contributed by atoms with Gasteiger partial charge in [-0.1, -0.05) is 34.1 Å². The smallest absolute Gasteiger partial charge is 0.0231 e.